The van der Waals surface area contributed by atoms with Crippen molar-refractivity contribution in [3.05, 3.63) is 47.2 Å². The fraction of sp³-hybridized carbons (Fsp3) is 0.375. The molecule has 3 amide bonds. The number of benzene rings is 1. The molecule has 2 heterocycles. The standard InChI is InChI=1S/C16H19N3O3/c1-18-12-10-19(8-9-22-2)15(20)13(12)14(17-16(18)21)11-6-4-3-5-7-11/h3-7,14H,8-10H2,1-2H3,(H,17,21)/t14-/m0/s1. The molecule has 6 heteroatoms. The number of nitrogens with one attached hydrogen (secondary N) is 1. The molecule has 1 aromatic rings. The van der Waals surface area contributed by atoms with Crippen molar-refractivity contribution in [3.63, 3.8) is 0 Å². The molecule has 0 aliphatic carbocycles. The van der Waals surface area contributed by atoms with Gasteiger partial charge < -0.3 is 15.0 Å². The summed E-state index contributed by atoms with van der Waals surface area (Å²) in [5, 5.41) is 2.91. The summed E-state index contributed by atoms with van der Waals surface area (Å²) in [6.45, 7) is 1.45. The van der Waals surface area contributed by atoms with Gasteiger partial charge in [-0.1, -0.05) is 30.3 Å². The first-order valence-electron chi connectivity index (χ1n) is 7.24. The Morgan fingerprint density at radius 3 is 2.68 bits per heavy atom. The van der Waals surface area contributed by atoms with Gasteiger partial charge in [0.1, 0.15) is 0 Å². The van der Waals surface area contributed by atoms with Gasteiger partial charge in [-0.2, -0.15) is 0 Å². The highest BCUT2D eigenvalue weighted by molar-refractivity contribution is 6.01. The van der Waals surface area contributed by atoms with Crippen LogP contribution in [0.5, 0.6) is 0 Å². The Hall–Kier alpha value is -2.34. The molecule has 2 aliphatic heterocycles. The molecule has 6 nitrogen and oxygen atoms in total. The third-order valence-electron chi connectivity index (χ3n) is 4.13. The molecule has 1 aromatic carbocycles. The minimum absolute atomic E-state index is 0.0345. The van der Waals surface area contributed by atoms with Crippen LogP contribution in [0, 0.1) is 0 Å². The van der Waals surface area contributed by atoms with E-state index in [0.717, 1.165) is 11.3 Å². The van der Waals surface area contributed by atoms with Crippen LogP contribution < -0.4 is 5.32 Å². The van der Waals surface area contributed by atoms with E-state index >= 15 is 0 Å². The van der Waals surface area contributed by atoms with Gasteiger partial charge in [0.15, 0.2) is 0 Å². The summed E-state index contributed by atoms with van der Waals surface area (Å²) in [7, 11) is 3.30. The summed E-state index contributed by atoms with van der Waals surface area (Å²) in [6, 6.07) is 8.99. The van der Waals surface area contributed by atoms with Crippen LogP contribution in [0.25, 0.3) is 0 Å². The molecule has 2 aliphatic rings. The molecule has 0 spiro atoms. The number of hydrogen-bond donors (Lipinski definition) is 1. The smallest absolute Gasteiger partial charge is 0.322 e. The van der Waals surface area contributed by atoms with Crippen LogP contribution in [-0.4, -0.2) is 55.6 Å². The maximum Gasteiger partial charge on any atom is 0.322 e. The number of likely N-dealkylation sites (N-methyl/N-ethyl adjacent to an activating group) is 1. The number of rotatable bonds is 4. The number of hydrogen-bond acceptors (Lipinski definition) is 3. The van der Waals surface area contributed by atoms with Crippen LogP contribution in [-0.2, 0) is 9.53 Å². The summed E-state index contributed by atoms with van der Waals surface area (Å²) in [6.07, 6.45) is 0. The molecule has 0 aromatic heterocycles. The first kappa shape index (κ1) is 14.6. The molecule has 22 heavy (non-hydrogen) atoms. The highest BCUT2D eigenvalue weighted by Crippen LogP contribution is 2.35. The van der Waals surface area contributed by atoms with Gasteiger partial charge in [0.2, 0.25) is 0 Å². The fourth-order valence-corrected chi connectivity index (χ4v) is 2.90. The highest BCUT2D eigenvalue weighted by Gasteiger charge is 2.42. The number of carbonyl (C=O) groups is 2. The van der Waals surface area contributed by atoms with Crippen molar-refractivity contribution in [3.8, 4) is 0 Å². The maximum atomic E-state index is 12.7. The zero-order valence-corrected chi connectivity index (χ0v) is 12.7. The molecule has 0 saturated carbocycles. The molecule has 0 unspecified atom stereocenters. The van der Waals surface area contributed by atoms with Crippen molar-refractivity contribution in [2.24, 2.45) is 0 Å². The molecular weight excluding hydrogens is 282 g/mol. The SMILES string of the molecule is COCCN1CC2=C(C1=O)[C@H](c1ccccc1)NC(=O)N2C. The molecule has 0 radical (unpaired) electrons. The second kappa shape index (κ2) is 5.81. The minimum atomic E-state index is -0.389. The predicted molar refractivity (Wildman–Crippen MR) is 81.0 cm³/mol. The average Bonchev–Trinajstić information content (AvgIpc) is 2.87. The summed E-state index contributed by atoms with van der Waals surface area (Å²) in [5.74, 6) is -0.0345. The van der Waals surface area contributed by atoms with Gasteiger partial charge in [-0.25, -0.2) is 4.79 Å². The number of ether oxygens (including phenoxy) is 1. The van der Waals surface area contributed by atoms with E-state index < -0.39 is 0 Å². The molecule has 0 bridgehead atoms. The summed E-state index contributed by atoms with van der Waals surface area (Å²) < 4.78 is 5.06. The normalized spacial score (nSPS) is 21.3. The van der Waals surface area contributed by atoms with E-state index in [0.29, 0.717) is 25.3 Å². The van der Waals surface area contributed by atoms with E-state index in [1.54, 1.807) is 19.1 Å². The van der Waals surface area contributed by atoms with Gasteiger partial charge in [-0.05, 0) is 5.56 Å². The van der Waals surface area contributed by atoms with Gasteiger partial charge in [-0.3, -0.25) is 9.69 Å². The lowest BCUT2D eigenvalue weighted by Crippen LogP contribution is -2.45. The third-order valence-corrected chi connectivity index (χ3v) is 4.13. The molecule has 0 fully saturated rings. The van der Waals surface area contributed by atoms with Crippen LogP contribution in [0.15, 0.2) is 41.6 Å². The Morgan fingerprint density at radius 1 is 1.27 bits per heavy atom. The van der Waals surface area contributed by atoms with Gasteiger partial charge in [0, 0.05) is 20.7 Å². The zero-order chi connectivity index (χ0) is 15.7. The van der Waals surface area contributed by atoms with Gasteiger partial charge in [-0.15, -0.1) is 0 Å². The number of amides is 3. The third kappa shape index (κ3) is 2.35. The Morgan fingerprint density at radius 2 is 2.00 bits per heavy atom. The topological polar surface area (TPSA) is 61.9 Å². The van der Waals surface area contributed by atoms with E-state index in [-0.39, 0.29) is 18.0 Å². The Kier molecular flexibility index (Phi) is 3.85. The van der Waals surface area contributed by atoms with Crippen LogP contribution in [0.4, 0.5) is 4.79 Å². The Balaban J connectivity index is 1.96. The van der Waals surface area contributed by atoms with Crippen molar-refractivity contribution in [2.45, 2.75) is 6.04 Å². The van der Waals surface area contributed by atoms with Crippen molar-refractivity contribution in [1.29, 1.82) is 0 Å². The number of urea groups is 1. The van der Waals surface area contributed by atoms with Crippen molar-refractivity contribution >= 4 is 11.9 Å². The summed E-state index contributed by atoms with van der Waals surface area (Å²) >= 11 is 0. The summed E-state index contributed by atoms with van der Waals surface area (Å²) in [4.78, 5) is 28.1. The van der Waals surface area contributed by atoms with Crippen molar-refractivity contribution in [1.82, 2.24) is 15.1 Å². The van der Waals surface area contributed by atoms with Crippen molar-refractivity contribution < 1.29 is 14.3 Å². The lowest BCUT2D eigenvalue weighted by molar-refractivity contribution is -0.126. The molecule has 1 N–H and O–H groups in total. The molecular formula is C16H19N3O3. The molecule has 0 saturated heterocycles. The average molecular weight is 301 g/mol. The number of carbonyl (C=O) groups excluding carboxylic acids is 2. The number of nitrogens with zero attached hydrogens (tertiary/aromatic N) is 2. The zero-order valence-electron chi connectivity index (χ0n) is 12.7. The van der Waals surface area contributed by atoms with E-state index in [1.165, 1.54) is 4.90 Å². The monoisotopic (exact) mass is 301 g/mol. The first-order valence-corrected chi connectivity index (χ1v) is 7.24. The Bertz CT molecular complexity index is 627. The van der Waals surface area contributed by atoms with Crippen LogP contribution in [0.2, 0.25) is 0 Å². The second-order valence-corrected chi connectivity index (χ2v) is 5.43. The van der Waals surface area contributed by atoms with Gasteiger partial charge in [0.05, 0.1) is 30.5 Å². The predicted octanol–water partition coefficient (Wildman–Crippen LogP) is 1.13. The van der Waals surface area contributed by atoms with Gasteiger partial charge >= 0.3 is 6.03 Å². The lowest BCUT2D eigenvalue weighted by atomic mass is 9.96. The van der Waals surface area contributed by atoms with E-state index in [2.05, 4.69) is 5.32 Å². The van der Waals surface area contributed by atoms with Crippen LogP contribution >= 0.6 is 0 Å². The minimum Gasteiger partial charge on any atom is -0.383 e. The van der Waals surface area contributed by atoms with E-state index in [9.17, 15) is 9.59 Å². The molecule has 3 rings (SSSR count). The molecule has 116 valence electrons. The maximum absolute atomic E-state index is 12.7. The fourth-order valence-electron chi connectivity index (χ4n) is 2.90. The van der Waals surface area contributed by atoms with Crippen LogP contribution in [0.3, 0.4) is 0 Å². The first-order chi connectivity index (χ1) is 10.6. The summed E-state index contributed by atoms with van der Waals surface area (Å²) in [5.41, 5.74) is 2.35. The van der Waals surface area contributed by atoms with Crippen molar-refractivity contribution in [2.75, 3.05) is 33.9 Å². The second-order valence-electron chi connectivity index (χ2n) is 5.43. The largest absolute Gasteiger partial charge is 0.383 e. The number of methoxy groups -OCH3 is 1. The highest BCUT2D eigenvalue weighted by atomic mass is 16.5. The molecule has 1 atom stereocenters. The van der Waals surface area contributed by atoms with E-state index in [1.807, 2.05) is 30.3 Å². The Labute approximate surface area is 129 Å². The van der Waals surface area contributed by atoms with Crippen LogP contribution in [0.1, 0.15) is 11.6 Å². The quantitative estimate of drug-likeness (QED) is 0.906. The van der Waals surface area contributed by atoms with E-state index in [4.69, 9.17) is 4.74 Å². The lowest BCUT2D eigenvalue weighted by Gasteiger charge is -2.31. The van der Waals surface area contributed by atoms with Gasteiger partial charge in [0.25, 0.3) is 5.91 Å².